The molecule has 0 unspecified atom stereocenters. The van der Waals surface area contributed by atoms with Crippen LogP contribution in [0.4, 0.5) is 0 Å². The molecule has 0 bridgehead atoms. The van der Waals surface area contributed by atoms with Crippen LogP contribution in [0.3, 0.4) is 0 Å². The molecule has 0 atom stereocenters. The molecule has 92 valence electrons. The number of aromatic amines is 2. The Morgan fingerprint density at radius 1 is 1.22 bits per heavy atom. The van der Waals surface area contributed by atoms with Gasteiger partial charge in [-0.25, -0.2) is 0 Å². The number of fused-ring (bicyclic) bond motifs is 1. The van der Waals surface area contributed by atoms with E-state index < -0.39 is 0 Å². The van der Waals surface area contributed by atoms with E-state index in [1.54, 1.807) is 0 Å². The zero-order valence-electron chi connectivity index (χ0n) is 10.5. The first-order valence-corrected chi connectivity index (χ1v) is 6.02. The predicted octanol–water partition coefficient (Wildman–Crippen LogP) is 2.63. The highest BCUT2D eigenvalue weighted by Gasteiger charge is 2.13. The molecule has 1 aromatic carbocycles. The molecule has 3 aromatic rings. The number of rotatable bonds is 2. The first-order chi connectivity index (χ1) is 8.69. The van der Waals surface area contributed by atoms with Crippen LogP contribution in [0.15, 0.2) is 24.3 Å². The zero-order valence-corrected chi connectivity index (χ0v) is 10.5. The van der Waals surface area contributed by atoms with Crippen LogP contribution in [-0.2, 0) is 6.54 Å². The number of nitrogens with two attached hydrogens (primary N) is 1. The Hall–Kier alpha value is -2.07. The second kappa shape index (κ2) is 3.99. The summed E-state index contributed by atoms with van der Waals surface area (Å²) >= 11 is 0. The van der Waals surface area contributed by atoms with Gasteiger partial charge in [0.15, 0.2) is 0 Å². The maximum atomic E-state index is 5.61. The van der Waals surface area contributed by atoms with E-state index in [9.17, 15) is 0 Å². The molecule has 4 N–H and O–H groups in total. The quantitative estimate of drug-likeness (QED) is 0.644. The normalized spacial score (nSPS) is 11.3. The average Bonchev–Trinajstić information content (AvgIpc) is 2.91. The lowest BCUT2D eigenvalue weighted by atomic mass is 10.1. The zero-order chi connectivity index (χ0) is 12.7. The molecule has 2 aromatic heterocycles. The maximum absolute atomic E-state index is 5.61. The maximum Gasteiger partial charge on any atom is 0.0948 e. The molecule has 0 fully saturated rings. The Balaban J connectivity index is 2.24. The van der Waals surface area contributed by atoms with Gasteiger partial charge in [-0.2, -0.15) is 5.10 Å². The third-order valence-electron chi connectivity index (χ3n) is 3.25. The van der Waals surface area contributed by atoms with E-state index in [1.807, 2.05) is 6.07 Å². The fourth-order valence-corrected chi connectivity index (χ4v) is 2.37. The Kier molecular flexibility index (Phi) is 2.45. The van der Waals surface area contributed by atoms with Gasteiger partial charge in [0, 0.05) is 34.4 Å². The summed E-state index contributed by atoms with van der Waals surface area (Å²) in [5, 5.41) is 8.50. The van der Waals surface area contributed by atoms with Crippen molar-refractivity contribution in [1.82, 2.24) is 15.2 Å². The van der Waals surface area contributed by atoms with E-state index in [0.29, 0.717) is 6.54 Å². The topological polar surface area (TPSA) is 70.5 Å². The first kappa shape index (κ1) is 11.0. The smallest absolute Gasteiger partial charge is 0.0948 e. The molecule has 0 amide bonds. The fraction of sp³-hybridized carbons (Fsp3) is 0.214. The Morgan fingerprint density at radius 3 is 2.78 bits per heavy atom. The second-order valence-electron chi connectivity index (χ2n) is 4.66. The molecule has 0 saturated carbocycles. The summed E-state index contributed by atoms with van der Waals surface area (Å²) in [5.74, 6) is 0. The third kappa shape index (κ3) is 1.62. The summed E-state index contributed by atoms with van der Waals surface area (Å²) in [6, 6.07) is 8.42. The number of nitrogens with zero attached hydrogens (tertiary/aromatic N) is 1. The molecule has 0 radical (unpaired) electrons. The van der Waals surface area contributed by atoms with Crippen LogP contribution in [0.2, 0.25) is 0 Å². The molecule has 18 heavy (non-hydrogen) atoms. The molecule has 2 heterocycles. The lowest BCUT2D eigenvalue weighted by Gasteiger charge is -1.96. The molecule has 0 spiro atoms. The summed E-state index contributed by atoms with van der Waals surface area (Å²) in [4.78, 5) is 3.41. The standard InChI is InChI=1S/C14H16N4/c1-8-3-4-11-12(5-8)16-9(2)14(11)13-6-10(7-15)17-18-13/h3-6,16H,7,15H2,1-2H3,(H,17,18). The molecule has 0 saturated heterocycles. The molecule has 0 aliphatic heterocycles. The van der Waals surface area contributed by atoms with E-state index in [-0.39, 0.29) is 0 Å². The highest BCUT2D eigenvalue weighted by atomic mass is 15.1. The van der Waals surface area contributed by atoms with Crippen molar-refractivity contribution in [2.24, 2.45) is 5.73 Å². The van der Waals surface area contributed by atoms with Crippen LogP contribution < -0.4 is 5.73 Å². The van der Waals surface area contributed by atoms with E-state index in [1.165, 1.54) is 10.9 Å². The van der Waals surface area contributed by atoms with Gasteiger partial charge in [-0.15, -0.1) is 0 Å². The van der Waals surface area contributed by atoms with Crippen LogP contribution in [0, 0.1) is 13.8 Å². The van der Waals surface area contributed by atoms with Crippen LogP contribution >= 0.6 is 0 Å². The van der Waals surface area contributed by atoms with E-state index in [0.717, 1.165) is 28.2 Å². The van der Waals surface area contributed by atoms with Crippen molar-refractivity contribution in [1.29, 1.82) is 0 Å². The number of hydrogen-bond acceptors (Lipinski definition) is 2. The summed E-state index contributed by atoms with van der Waals surface area (Å²) < 4.78 is 0. The van der Waals surface area contributed by atoms with Gasteiger partial charge >= 0.3 is 0 Å². The van der Waals surface area contributed by atoms with Crippen molar-refractivity contribution in [3.05, 3.63) is 41.2 Å². The Morgan fingerprint density at radius 2 is 2.06 bits per heavy atom. The number of H-pyrrole nitrogens is 2. The van der Waals surface area contributed by atoms with Crippen molar-refractivity contribution >= 4 is 10.9 Å². The molecule has 4 nitrogen and oxygen atoms in total. The predicted molar refractivity (Wildman–Crippen MR) is 73.2 cm³/mol. The minimum atomic E-state index is 0.480. The largest absolute Gasteiger partial charge is 0.358 e. The second-order valence-corrected chi connectivity index (χ2v) is 4.66. The molecule has 0 aliphatic carbocycles. The van der Waals surface area contributed by atoms with Gasteiger partial charge in [-0.05, 0) is 31.5 Å². The highest BCUT2D eigenvalue weighted by Crippen LogP contribution is 2.31. The van der Waals surface area contributed by atoms with Crippen molar-refractivity contribution in [2.75, 3.05) is 0 Å². The summed E-state index contributed by atoms with van der Waals surface area (Å²) in [6.07, 6.45) is 0. The summed E-state index contributed by atoms with van der Waals surface area (Å²) in [7, 11) is 0. The number of aryl methyl sites for hydroxylation is 2. The van der Waals surface area contributed by atoms with Crippen LogP contribution in [-0.4, -0.2) is 15.2 Å². The average molecular weight is 240 g/mol. The van der Waals surface area contributed by atoms with Gasteiger partial charge in [0.25, 0.3) is 0 Å². The highest BCUT2D eigenvalue weighted by molar-refractivity contribution is 5.96. The van der Waals surface area contributed by atoms with Gasteiger partial charge in [-0.3, -0.25) is 5.10 Å². The Labute approximate surface area is 105 Å². The number of aromatic nitrogens is 3. The third-order valence-corrected chi connectivity index (χ3v) is 3.25. The van der Waals surface area contributed by atoms with Gasteiger partial charge in [-0.1, -0.05) is 12.1 Å². The lowest BCUT2D eigenvalue weighted by molar-refractivity contribution is 0.948. The van der Waals surface area contributed by atoms with Gasteiger partial charge in [0.05, 0.1) is 5.69 Å². The van der Waals surface area contributed by atoms with E-state index in [4.69, 9.17) is 5.73 Å². The number of hydrogen-bond donors (Lipinski definition) is 3. The van der Waals surface area contributed by atoms with Crippen LogP contribution in [0.5, 0.6) is 0 Å². The van der Waals surface area contributed by atoms with Crippen LogP contribution in [0.25, 0.3) is 22.2 Å². The van der Waals surface area contributed by atoms with Crippen LogP contribution in [0.1, 0.15) is 17.0 Å². The van der Waals surface area contributed by atoms with E-state index >= 15 is 0 Å². The molecular weight excluding hydrogens is 224 g/mol. The van der Waals surface area contributed by atoms with Crippen molar-refractivity contribution in [2.45, 2.75) is 20.4 Å². The van der Waals surface area contributed by atoms with Gasteiger partial charge < -0.3 is 10.7 Å². The summed E-state index contributed by atoms with van der Waals surface area (Å²) in [6.45, 7) is 4.64. The number of nitrogens with one attached hydrogen (secondary N) is 2. The van der Waals surface area contributed by atoms with Crippen molar-refractivity contribution in [3.8, 4) is 11.3 Å². The molecule has 3 rings (SSSR count). The van der Waals surface area contributed by atoms with Gasteiger partial charge in [0.1, 0.15) is 0 Å². The minimum Gasteiger partial charge on any atom is -0.358 e. The molecule has 4 heteroatoms. The monoisotopic (exact) mass is 240 g/mol. The fourth-order valence-electron chi connectivity index (χ4n) is 2.37. The Bertz CT molecular complexity index is 706. The lowest BCUT2D eigenvalue weighted by Crippen LogP contribution is -1.95. The summed E-state index contributed by atoms with van der Waals surface area (Å²) in [5.41, 5.74) is 12.2. The van der Waals surface area contributed by atoms with Gasteiger partial charge in [0.2, 0.25) is 0 Å². The van der Waals surface area contributed by atoms with E-state index in [2.05, 4.69) is 47.2 Å². The minimum absolute atomic E-state index is 0.480. The number of benzene rings is 1. The van der Waals surface area contributed by atoms with Crippen molar-refractivity contribution < 1.29 is 0 Å². The van der Waals surface area contributed by atoms with Crippen molar-refractivity contribution in [3.63, 3.8) is 0 Å². The molecule has 0 aliphatic rings. The first-order valence-electron chi connectivity index (χ1n) is 6.02. The molecular formula is C14H16N4. The SMILES string of the molecule is Cc1ccc2c(-c3cc(CN)[nH]n3)c(C)[nH]c2c1.